The van der Waals surface area contributed by atoms with Gasteiger partial charge in [-0.3, -0.25) is 9.79 Å². The van der Waals surface area contributed by atoms with Gasteiger partial charge in [-0.15, -0.1) is 0 Å². The van der Waals surface area contributed by atoms with E-state index in [1.165, 1.54) is 13.4 Å². The van der Waals surface area contributed by atoms with Gasteiger partial charge < -0.3 is 19.4 Å². The number of Topliss-reactive ketones (excluding diaryl/α,β-unsaturated/α-hetero) is 1. The molecule has 8 nitrogen and oxygen atoms in total. The van der Waals surface area contributed by atoms with Crippen LogP contribution in [0, 0.1) is 0 Å². The number of hydrogen-bond acceptors (Lipinski definition) is 7. The van der Waals surface area contributed by atoms with E-state index in [2.05, 4.69) is 15.3 Å². The van der Waals surface area contributed by atoms with E-state index in [4.69, 9.17) is 9.47 Å². The van der Waals surface area contributed by atoms with Gasteiger partial charge in [0.1, 0.15) is 30.3 Å². The Kier molecular flexibility index (Phi) is 4.55. The van der Waals surface area contributed by atoms with Crippen molar-refractivity contribution in [1.29, 1.82) is 0 Å². The number of carbonyl (C=O) groups excluding carboxylic acids is 2. The molecule has 124 valence electrons. The lowest BCUT2D eigenvalue weighted by molar-refractivity contribution is 0.0595. The van der Waals surface area contributed by atoms with Gasteiger partial charge in [-0.25, -0.2) is 9.78 Å². The summed E-state index contributed by atoms with van der Waals surface area (Å²) in [6.07, 6.45) is 3.06. The van der Waals surface area contributed by atoms with Gasteiger partial charge in [-0.2, -0.15) is 0 Å². The molecule has 0 unspecified atom stereocenters. The van der Waals surface area contributed by atoms with Gasteiger partial charge in [0.25, 0.3) is 0 Å². The third kappa shape index (κ3) is 3.12. The molecule has 0 saturated carbocycles. The van der Waals surface area contributed by atoms with Crippen molar-refractivity contribution >= 4 is 23.9 Å². The van der Waals surface area contributed by atoms with Crippen LogP contribution in [0.2, 0.25) is 0 Å². The number of ketones is 1. The summed E-state index contributed by atoms with van der Waals surface area (Å²) in [6, 6.07) is 6.86. The first-order chi connectivity index (χ1) is 11.7. The summed E-state index contributed by atoms with van der Waals surface area (Å²) in [7, 11) is 1.32. The molecule has 2 heterocycles. The SMILES string of the molecule is COC(=O)c1ccccc1OCCn1cnc2c1NC=NCC2=O. The molecule has 24 heavy (non-hydrogen) atoms. The van der Waals surface area contributed by atoms with Crippen molar-refractivity contribution in [3.05, 3.63) is 41.9 Å². The molecule has 1 aromatic carbocycles. The predicted octanol–water partition coefficient (Wildman–Crippen LogP) is 1.39. The number of para-hydroxylation sites is 1. The van der Waals surface area contributed by atoms with Gasteiger partial charge in [0.15, 0.2) is 5.69 Å². The molecule has 1 aromatic heterocycles. The fraction of sp³-hybridized carbons (Fsp3) is 0.250. The van der Waals surface area contributed by atoms with Crippen molar-refractivity contribution in [3.63, 3.8) is 0 Å². The second-order valence-electron chi connectivity index (χ2n) is 5.01. The zero-order valence-electron chi connectivity index (χ0n) is 13.1. The molecule has 0 amide bonds. The quantitative estimate of drug-likeness (QED) is 0.833. The van der Waals surface area contributed by atoms with Crippen LogP contribution in [0.25, 0.3) is 0 Å². The third-order valence-electron chi connectivity index (χ3n) is 3.51. The first kappa shape index (κ1) is 15.7. The van der Waals surface area contributed by atoms with Crippen molar-refractivity contribution in [1.82, 2.24) is 9.55 Å². The lowest BCUT2D eigenvalue weighted by Crippen LogP contribution is -2.13. The number of aromatic nitrogens is 2. The number of esters is 1. The summed E-state index contributed by atoms with van der Waals surface area (Å²) in [6.45, 7) is 0.829. The van der Waals surface area contributed by atoms with Crippen molar-refractivity contribution in [2.75, 3.05) is 25.6 Å². The molecule has 0 radical (unpaired) electrons. The van der Waals surface area contributed by atoms with Crippen LogP contribution >= 0.6 is 0 Å². The van der Waals surface area contributed by atoms with Crippen LogP contribution in [-0.4, -0.2) is 47.9 Å². The third-order valence-corrected chi connectivity index (χ3v) is 3.51. The van der Waals surface area contributed by atoms with E-state index in [9.17, 15) is 9.59 Å². The van der Waals surface area contributed by atoms with Crippen LogP contribution in [-0.2, 0) is 11.3 Å². The number of carbonyl (C=O) groups is 2. The van der Waals surface area contributed by atoms with Crippen LogP contribution in [0.4, 0.5) is 5.82 Å². The monoisotopic (exact) mass is 328 g/mol. The van der Waals surface area contributed by atoms with Crippen molar-refractivity contribution in [3.8, 4) is 5.75 Å². The highest BCUT2D eigenvalue weighted by atomic mass is 16.5. The van der Waals surface area contributed by atoms with E-state index in [1.807, 2.05) is 0 Å². The summed E-state index contributed by atoms with van der Waals surface area (Å²) in [5, 5.41) is 2.95. The number of rotatable bonds is 5. The number of ether oxygens (including phenoxy) is 2. The number of methoxy groups -OCH3 is 1. The highest BCUT2D eigenvalue weighted by Gasteiger charge is 2.19. The van der Waals surface area contributed by atoms with Crippen LogP contribution < -0.4 is 10.1 Å². The average molecular weight is 328 g/mol. The maximum Gasteiger partial charge on any atom is 0.341 e. The lowest BCUT2D eigenvalue weighted by Gasteiger charge is -2.12. The second kappa shape index (κ2) is 6.95. The summed E-state index contributed by atoms with van der Waals surface area (Å²) in [5.41, 5.74) is 0.729. The van der Waals surface area contributed by atoms with E-state index < -0.39 is 5.97 Å². The lowest BCUT2D eigenvalue weighted by atomic mass is 10.2. The topological polar surface area (TPSA) is 94.8 Å². The molecule has 8 heteroatoms. The average Bonchev–Trinajstić information content (AvgIpc) is 2.92. The van der Waals surface area contributed by atoms with Crippen molar-refractivity contribution in [2.45, 2.75) is 6.54 Å². The number of fused-ring (bicyclic) bond motifs is 1. The maximum atomic E-state index is 11.9. The molecule has 0 bridgehead atoms. The molecule has 3 rings (SSSR count). The van der Waals surface area contributed by atoms with Crippen LogP contribution in [0.1, 0.15) is 20.8 Å². The molecule has 0 fully saturated rings. The first-order valence-electron chi connectivity index (χ1n) is 7.34. The fourth-order valence-corrected chi connectivity index (χ4v) is 2.34. The number of nitrogens with zero attached hydrogens (tertiary/aromatic N) is 3. The molecular weight excluding hydrogens is 312 g/mol. The normalized spacial score (nSPS) is 13.0. The summed E-state index contributed by atoms with van der Waals surface area (Å²) < 4.78 is 12.2. The smallest absolute Gasteiger partial charge is 0.341 e. The Bertz CT molecular complexity index is 797. The number of imidazole rings is 1. The van der Waals surface area contributed by atoms with Gasteiger partial charge in [0, 0.05) is 0 Å². The number of anilines is 1. The maximum absolute atomic E-state index is 11.9. The number of aliphatic imine (C=N–C) groups is 1. The summed E-state index contributed by atoms with van der Waals surface area (Å²) >= 11 is 0. The highest BCUT2D eigenvalue weighted by Crippen LogP contribution is 2.20. The molecule has 2 aromatic rings. The van der Waals surface area contributed by atoms with Gasteiger partial charge >= 0.3 is 5.97 Å². The molecule has 0 aliphatic carbocycles. The van der Waals surface area contributed by atoms with E-state index in [0.29, 0.717) is 36.0 Å². The minimum Gasteiger partial charge on any atom is -0.491 e. The van der Waals surface area contributed by atoms with Gasteiger partial charge in [0.2, 0.25) is 5.78 Å². The van der Waals surface area contributed by atoms with Crippen LogP contribution in [0.3, 0.4) is 0 Å². The standard InChI is InChI=1S/C16H16N4O4/c1-23-16(22)11-4-2-3-5-13(11)24-7-6-20-10-19-14-12(21)8-17-9-18-15(14)20/h2-5,9-10H,6-8H2,1H3,(H,17,18). The Morgan fingerprint density at radius 2 is 2.21 bits per heavy atom. The van der Waals surface area contributed by atoms with E-state index in [-0.39, 0.29) is 12.3 Å². The Balaban J connectivity index is 1.69. The minimum absolute atomic E-state index is 0.0834. The Labute approximate surface area is 138 Å². The Hall–Kier alpha value is -3.16. The van der Waals surface area contributed by atoms with E-state index in [1.54, 1.807) is 35.2 Å². The molecule has 1 N–H and O–H groups in total. The molecule has 1 aliphatic rings. The second-order valence-corrected chi connectivity index (χ2v) is 5.01. The first-order valence-corrected chi connectivity index (χ1v) is 7.34. The van der Waals surface area contributed by atoms with Gasteiger partial charge in [-0.05, 0) is 12.1 Å². The summed E-state index contributed by atoms with van der Waals surface area (Å²) in [5.74, 6) is 0.444. The molecule has 0 saturated heterocycles. The van der Waals surface area contributed by atoms with E-state index >= 15 is 0 Å². The molecular formula is C16H16N4O4. The van der Waals surface area contributed by atoms with Crippen LogP contribution in [0.5, 0.6) is 5.75 Å². The molecule has 0 spiro atoms. The van der Waals surface area contributed by atoms with Crippen molar-refractivity contribution < 1.29 is 19.1 Å². The largest absolute Gasteiger partial charge is 0.491 e. The van der Waals surface area contributed by atoms with E-state index in [0.717, 1.165) is 0 Å². The zero-order valence-corrected chi connectivity index (χ0v) is 13.1. The van der Waals surface area contributed by atoms with Crippen LogP contribution in [0.15, 0.2) is 35.6 Å². The zero-order chi connectivity index (χ0) is 16.9. The Morgan fingerprint density at radius 1 is 1.38 bits per heavy atom. The molecule has 0 atom stereocenters. The van der Waals surface area contributed by atoms with Crippen molar-refractivity contribution in [2.24, 2.45) is 4.99 Å². The fourth-order valence-electron chi connectivity index (χ4n) is 2.34. The number of hydrogen-bond donors (Lipinski definition) is 1. The summed E-state index contributed by atoms with van der Waals surface area (Å²) in [4.78, 5) is 31.6. The predicted molar refractivity (Wildman–Crippen MR) is 86.8 cm³/mol. The van der Waals surface area contributed by atoms with Gasteiger partial charge in [-0.1, -0.05) is 12.1 Å². The highest BCUT2D eigenvalue weighted by molar-refractivity contribution is 6.04. The minimum atomic E-state index is -0.453. The van der Waals surface area contributed by atoms with Gasteiger partial charge in [0.05, 0.1) is 26.3 Å². The molecule has 1 aliphatic heterocycles. The number of benzene rings is 1. The Morgan fingerprint density at radius 3 is 3.04 bits per heavy atom. The number of nitrogens with one attached hydrogen (secondary N) is 1.